The van der Waals surface area contributed by atoms with E-state index in [4.69, 9.17) is 22.6 Å². The molecule has 113 heavy (non-hydrogen) atoms. The first-order chi connectivity index (χ1) is 53.9. The number of nitrogens with two attached hydrogens (primary N) is 3. The molecule has 0 spiro atoms. The second-order valence-electron chi connectivity index (χ2n) is 27.6. The van der Waals surface area contributed by atoms with Crippen molar-refractivity contribution in [2.45, 2.75) is 168 Å². The Bertz CT molecular complexity index is 4050. The molecule has 13 atom stereocenters. The minimum Gasteiger partial charge on any atom is -0.508 e. The fourth-order valence-electron chi connectivity index (χ4n) is 13.5. The first-order valence-corrected chi connectivity index (χ1v) is 38.9. The number of carbonyl (C=O) groups is 17. The van der Waals surface area contributed by atoms with Crippen molar-refractivity contribution in [2.75, 3.05) is 50.8 Å². The molecule has 3 aromatic carbocycles. The second kappa shape index (κ2) is 41.5. The van der Waals surface area contributed by atoms with E-state index in [0.29, 0.717) is 32.7 Å². The number of hydrogen-bond donors (Lipinski definition) is 20. The first kappa shape index (κ1) is 86.8. The molecule has 0 saturated carbocycles. The lowest BCUT2D eigenvalue weighted by Crippen LogP contribution is -2.61. The summed E-state index contributed by atoms with van der Waals surface area (Å²) < 4.78 is 0. The number of carboxylic acids is 1. The van der Waals surface area contributed by atoms with E-state index >= 15 is 19.2 Å². The zero-order chi connectivity index (χ0) is 82.2. The number of carboxylic acid groups (broad SMARTS) is 1. The van der Waals surface area contributed by atoms with Gasteiger partial charge in [-0.1, -0.05) is 76.2 Å². The van der Waals surface area contributed by atoms with Crippen LogP contribution in [0, 0.1) is 5.41 Å². The van der Waals surface area contributed by atoms with E-state index in [9.17, 15) is 82.8 Å². The minimum atomic E-state index is -2.07. The first-order valence-electron chi connectivity index (χ1n) is 36.4. The van der Waals surface area contributed by atoms with Gasteiger partial charge in [-0.05, 0) is 92.3 Å². The normalized spacial score (nSPS) is 26.3. The Morgan fingerprint density at radius 3 is 1.33 bits per heavy atom. The third-order valence-electron chi connectivity index (χ3n) is 19.2. The molecular formula is C71H93N19O21S2. The van der Waals surface area contributed by atoms with Gasteiger partial charge < -0.3 is 116 Å². The summed E-state index contributed by atoms with van der Waals surface area (Å²) in [5.74, 6) is -21.5. The smallest absolute Gasteiger partial charge is 0.305 e. The molecule has 5 heterocycles. The average molecular weight is 1610 g/mol. The van der Waals surface area contributed by atoms with Crippen molar-refractivity contribution in [3.8, 4) is 11.5 Å². The number of aromatic hydroxyl groups is 2. The zero-order valence-corrected chi connectivity index (χ0v) is 62.8. The van der Waals surface area contributed by atoms with Crippen molar-refractivity contribution in [1.82, 2.24) is 78.5 Å². The van der Waals surface area contributed by atoms with Gasteiger partial charge in [-0.3, -0.25) is 86.9 Å². The number of phenolic OH excluding ortho intramolecular Hbond substituents is 2. The maximum absolute atomic E-state index is 15.3. The second-order valence-corrected chi connectivity index (χ2v) is 30.1. The van der Waals surface area contributed by atoms with Crippen LogP contribution in [0.3, 0.4) is 0 Å². The summed E-state index contributed by atoms with van der Waals surface area (Å²) in [6.07, 6.45) is -4.03. The molecule has 3 aromatic rings. The summed E-state index contributed by atoms with van der Waals surface area (Å²) in [6.45, 7) is -2.50. The monoisotopic (exact) mass is 1610 g/mol. The Labute approximate surface area is 654 Å². The van der Waals surface area contributed by atoms with Gasteiger partial charge in [0.15, 0.2) is 5.96 Å². The number of guanidine groups is 1. The molecule has 8 rings (SSSR count). The van der Waals surface area contributed by atoms with Crippen LogP contribution in [0.25, 0.3) is 0 Å². The molecule has 5 saturated heterocycles. The standard InChI is InChI=1S/C71H93N19O21S2/c72-54(94)29-43-58(99)77-32-56(96)78-42(26-37-14-18-39(92)19-15-37)60(101)86-49-34-112-113-35-50(65(106)84-46(27-36-8-2-1-3-9-36)68(109)88-23-5-11-51(88)66(107)81-43)87-62(103)45(31-57(97)98)82-67(108)52-12-6-24-89(52)70(111)53-13-7-25-90(53)69(110)47(28-38-16-20-40(93)21-17-38)83-63(104)48(33-91)85-59(100)41(10-4-22-76-71(74)75)79-61(102)44(30-55(73)95)80-64(49)105/h1-3,8-9,14-21,41-53,91-93H,4-7,10-13,22-35H2,(H2,72,94)(H2,73,95)(H,77,99)(H,78,96)(H,79,102)(H,80,105)(H,81,107)(H,82,108)(H,83,104)(H,84,106)(H,85,100)(H,86,101)(H,87,103)(H,97,98)(H4,74,75,76)/t41-,42-,43-,44-,45-,46-,47-,48-,49-,50-,51-,52-,53-/m0/s1. The van der Waals surface area contributed by atoms with E-state index in [-0.39, 0.29) is 107 Å². The number of rotatable bonds is 17. The number of aliphatic carboxylic acids is 1. The number of phenols is 2. The molecule has 5 aliphatic rings. The number of aliphatic hydroxyl groups excluding tert-OH is 1. The molecule has 16 amide bonds. The van der Waals surface area contributed by atoms with Gasteiger partial charge >= 0.3 is 5.97 Å². The molecule has 42 heteroatoms. The van der Waals surface area contributed by atoms with Crippen LogP contribution in [0.2, 0.25) is 0 Å². The number of nitrogens with zero attached hydrogens (tertiary/aromatic N) is 3. The van der Waals surface area contributed by atoms with Crippen LogP contribution in [0.5, 0.6) is 11.5 Å². The van der Waals surface area contributed by atoms with Crippen LogP contribution >= 0.6 is 21.6 Å². The van der Waals surface area contributed by atoms with Gasteiger partial charge in [0.05, 0.1) is 32.4 Å². The van der Waals surface area contributed by atoms with Crippen LogP contribution in [-0.2, 0) is 101 Å². The summed E-state index contributed by atoms with van der Waals surface area (Å²) in [5.41, 5.74) is 17.8. The van der Waals surface area contributed by atoms with Crippen LogP contribution in [0.1, 0.15) is 87.3 Å². The maximum atomic E-state index is 15.3. The van der Waals surface area contributed by atoms with E-state index in [1.807, 2.05) is 0 Å². The molecule has 0 radical (unpaired) electrons. The molecule has 610 valence electrons. The lowest BCUT2D eigenvalue weighted by molar-refractivity contribution is -0.148. The van der Waals surface area contributed by atoms with Crippen LogP contribution in [0.4, 0.5) is 0 Å². The highest BCUT2D eigenvalue weighted by Gasteiger charge is 2.47. The molecule has 2 bridgehead atoms. The SMILES string of the molecule is N=C(N)NCCC[C@@H]1NC(=O)[C@H](CC(N)=O)NC(=O)[C@@H]2CSSC[C@H](NC(=O)[C@H](CC(=O)O)NC(=O)[C@@H]3CCCN3C(=O)[C@@H]3CCCN3C(=O)[C@H](Cc3ccc(O)cc3)NC(=O)[C@H](CO)NC1=O)C(=O)N[C@@H](Cc1ccccc1)C(=O)N1CCC[C@H]1C(=O)N[C@@H](CC(N)=O)C(=O)NCC(=O)N[C@@H](Cc1ccc(O)cc1)C(=O)N2. The van der Waals surface area contributed by atoms with Gasteiger partial charge in [0.25, 0.3) is 0 Å². The van der Waals surface area contributed by atoms with Gasteiger partial charge in [-0.25, -0.2) is 0 Å². The van der Waals surface area contributed by atoms with Crippen molar-refractivity contribution in [3.63, 3.8) is 0 Å². The minimum absolute atomic E-state index is 0.0216. The third kappa shape index (κ3) is 25.3. The van der Waals surface area contributed by atoms with E-state index in [2.05, 4.69) is 63.8 Å². The highest BCUT2D eigenvalue weighted by Crippen LogP contribution is 2.29. The molecule has 23 N–H and O–H groups in total. The highest BCUT2D eigenvalue weighted by molar-refractivity contribution is 8.76. The molecule has 5 aliphatic heterocycles. The molecule has 40 nitrogen and oxygen atoms in total. The fourth-order valence-corrected chi connectivity index (χ4v) is 15.8. The van der Waals surface area contributed by atoms with Crippen LogP contribution < -0.4 is 81.0 Å². The van der Waals surface area contributed by atoms with Crippen molar-refractivity contribution >= 4 is 128 Å². The molecule has 0 aromatic heterocycles. The van der Waals surface area contributed by atoms with Gasteiger partial charge in [0.1, 0.15) is 90.0 Å². The number of fused-ring (bicyclic) bond motifs is 8. The van der Waals surface area contributed by atoms with E-state index in [0.717, 1.165) is 9.80 Å². The summed E-state index contributed by atoms with van der Waals surface area (Å²) in [7, 11) is 1.40. The zero-order valence-electron chi connectivity index (χ0n) is 61.2. The summed E-state index contributed by atoms with van der Waals surface area (Å²) in [5, 5.41) is 78.6. The predicted octanol–water partition coefficient (Wildman–Crippen LogP) is -7.05. The third-order valence-corrected chi connectivity index (χ3v) is 21.6. The number of nitrogens with one attached hydrogen (secondary N) is 13. The van der Waals surface area contributed by atoms with Gasteiger partial charge in [-0.2, -0.15) is 0 Å². The van der Waals surface area contributed by atoms with E-state index in [1.165, 1.54) is 53.4 Å². The number of aliphatic hydroxyl groups is 1. The summed E-state index contributed by atoms with van der Waals surface area (Å²) in [6, 6.07) is -3.67. The lowest BCUT2D eigenvalue weighted by atomic mass is 10.0. The molecule has 0 unspecified atom stereocenters. The Kier molecular flexibility index (Phi) is 31.8. The Balaban J connectivity index is 1.25. The fraction of sp³-hybridized carbons (Fsp3) is 0.493. The summed E-state index contributed by atoms with van der Waals surface area (Å²) in [4.78, 5) is 248. The Morgan fingerprint density at radius 2 is 0.832 bits per heavy atom. The van der Waals surface area contributed by atoms with Crippen molar-refractivity contribution < 1.29 is 102 Å². The maximum Gasteiger partial charge on any atom is 0.305 e. The summed E-state index contributed by atoms with van der Waals surface area (Å²) >= 11 is 0. The van der Waals surface area contributed by atoms with Crippen molar-refractivity contribution in [1.29, 1.82) is 5.41 Å². The largest absolute Gasteiger partial charge is 0.508 e. The number of benzene rings is 3. The molecule has 5 fully saturated rings. The van der Waals surface area contributed by atoms with Crippen molar-refractivity contribution in [2.24, 2.45) is 17.2 Å². The number of hydrogen-bond acceptors (Lipinski definition) is 23. The Hall–Kier alpha value is -11.8. The molecular weight excluding hydrogens is 1520 g/mol. The molecule has 0 aliphatic carbocycles. The lowest BCUT2D eigenvalue weighted by Gasteiger charge is -2.33. The van der Waals surface area contributed by atoms with Gasteiger partial charge in [-0.15, -0.1) is 0 Å². The highest BCUT2D eigenvalue weighted by atomic mass is 33.1. The van der Waals surface area contributed by atoms with Crippen molar-refractivity contribution in [3.05, 3.63) is 95.6 Å². The van der Waals surface area contributed by atoms with Crippen LogP contribution in [-0.4, -0.2) is 271 Å². The van der Waals surface area contributed by atoms with E-state index < -0.39 is 235 Å². The average Bonchev–Trinajstić information content (AvgIpc) is 1.68. The van der Waals surface area contributed by atoms with Gasteiger partial charge in [0, 0.05) is 56.9 Å². The Morgan fingerprint density at radius 1 is 0.442 bits per heavy atom. The van der Waals surface area contributed by atoms with Crippen LogP contribution in [0.15, 0.2) is 78.9 Å². The predicted molar refractivity (Wildman–Crippen MR) is 401 cm³/mol. The topological polar surface area (TPSA) is 627 Å². The van der Waals surface area contributed by atoms with Gasteiger partial charge in [0.2, 0.25) is 94.5 Å². The number of carbonyl (C=O) groups excluding carboxylic acids is 16. The number of primary amides is 2. The quantitative estimate of drug-likeness (QED) is 0.0258. The number of amides is 16. The van der Waals surface area contributed by atoms with E-state index in [1.54, 1.807) is 30.3 Å².